The molecule has 6 nitrogen and oxygen atoms in total. The number of rotatable bonds is 10. The van der Waals surface area contributed by atoms with Crippen LogP contribution in [-0.2, 0) is 11.3 Å². The molecule has 0 fully saturated rings. The number of carbonyl (C=O) groups excluding carboxylic acids is 2. The summed E-state index contributed by atoms with van der Waals surface area (Å²) < 4.78 is 10.9. The molecule has 27 heavy (non-hydrogen) atoms. The molecular weight excluding hydrogens is 344 g/mol. The fourth-order valence-corrected chi connectivity index (χ4v) is 2.32. The largest absolute Gasteiger partial charge is 0.494 e. The highest BCUT2D eigenvalue weighted by Crippen LogP contribution is 2.13. The van der Waals surface area contributed by atoms with Crippen molar-refractivity contribution in [3.63, 3.8) is 0 Å². The molecule has 144 valence electrons. The fourth-order valence-electron chi connectivity index (χ4n) is 2.32. The fraction of sp³-hybridized carbons (Fsp3) is 0.333. The molecule has 0 spiro atoms. The first-order valence-electron chi connectivity index (χ1n) is 9.12. The first-order valence-corrected chi connectivity index (χ1v) is 9.12. The summed E-state index contributed by atoms with van der Waals surface area (Å²) >= 11 is 0. The summed E-state index contributed by atoms with van der Waals surface area (Å²) in [6.45, 7) is 5.52. The lowest BCUT2D eigenvalue weighted by Gasteiger charge is -2.09. The molecule has 0 saturated carbocycles. The molecule has 2 amide bonds. The molecule has 0 aliphatic rings. The van der Waals surface area contributed by atoms with Gasteiger partial charge in [-0.2, -0.15) is 0 Å². The highest BCUT2D eigenvalue weighted by Gasteiger charge is 2.08. The minimum atomic E-state index is -0.300. The summed E-state index contributed by atoms with van der Waals surface area (Å²) in [5, 5.41) is 5.39. The van der Waals surface area contributed by atoms with Crippen LogP contribution >= 0.6 is 0 Å². The lowest BCUT2D eigenvalue weighted by molar-refractivity contribution is -0.120. The molecule has 0 aliphatic carbocycles. The van der Waals surface area contributed by atoms with Crippen molar-refractivity contribution >= 4 is 11.8 Å². The number of hydrogen-bond acceptors (Lipinski definition) is 4. The highest BCUT2D eigenvalue weighted by atomic mass is 16.5. The molecule has 2 rings (SSSR count). The Morgan fingerprint density at radius 1 is 0.852 bits per heavy atom. The summed E-state index contributed by atoms with van der Waals surface area (Å²) in [5.41, 5.74) is 1.44. The van der Waals surface area contributed by atoms with Crippen LogP contribution in [0.4, 0.5) is 0 Å². The standard InChI is InChI=1S/C21H26N2O4/c1-3-13-27-19-9-5-16(6-10-19)14-22-20(24)15-23-21(25)17-7-11-18(12-8-17)26-4-2/h5-12H,3-4,13-15H2,1-2H3,(H,22,24)(H,23,25). The van der Waals surface area contributed by atoms with Crippen molar-refractivity contribution in [1.29, 1.82) is 0 Å². The zero-order valence-electron chi connectivity index (χ0n) is 15.8. The van der Waals surface area contributed by atoms with Crippen LogP contribution in [0.1, 0.15) is 36.2 Å². The van der Waals surface area contributed by atoms with Gasteiger partial charge < -0.3 is 20.1 Å². The zero-order chi connectivity index (χ0) is 19.5. The van der Waals surface area contributed by atoms with E-state index < -0.39 is 0 Å². The van der Waals surface area contributed by atoms with Gasteiger partial charge in [-0.15, -0.1) is 0 Å². The molecule has 0 atom stereocenters. The van der Waals surface area contributed by atoms with Crippen LogP contribution in [0.15, 0.2) is 48.5 Å². The molecule has 0 aromatic heterocycles. The van der Waals surface area contributed by atoms with Gasteiger partial charge in [0.05, 0.1) is 19.8 Å². The van der Waals surface area contributed by atoms with Crippen LogP contribution in [0.25, 0.3) is 0 Å². The van der Waals surface area contributed by atoms with E-state index in [2.05, 4.69) is 17.6 Å². The molecular formula is C21H26N2O4. The SMILES string of the molecule is CCCOc1ccc(CNC(=O)CNC(=O)c2ccc(OCC)cc2)cc1. The molecule has 0 radical (unpaired) electrons. The Hall–Kier alpha value is -3.02. The second-order valence-electron chi connectivity index (χ2n) is 5.91. The third-order valence-corrected chi connectivity index (χ3v) is 3.72. The van der Waals surface area contributed by atoms with Crippen LogP contribution in [-0.4, -0.2) is 31.6 Å². The van der Waals surface area contributed by atoms with Crippen LogP contribution in [0.3, 0.4) is 0 Å². The van der Waals surface area contributed by atoms with Crippen LogP contribution in [0.2, 0.25) is 0 Å². The molecule has 0 unspecified atom stereocenters. The van der Waals surface area contributed by atoms with Gasteiger partial charge in [0, 0.05) is 12.1 Å². The van der Waals surface area contributed by atoms with Crippen molar-refractivity contribution in [3.05, 3.63) is 59.7 Å². The van der Waals surface area contributed by atoms with E-state index in [1.54, 1.807) is 24.3 Å². The Kier molecular flexibility index (Phi) is 8.16. The normalized spacial score (nSPS) is 10.1. The van der Waals surface area contributed by atoms with Crippen LogP contribution in [0, 0.1) is 0 Å². The number of carbonyl (C=O) groups is 2. The van der Waals surface area contributed by atoms with Crippen molar-refractivity contribution in [2.45, 2.75) is 26.8 Å². The first-order chi connectivity index (χ1) is 13.1. The number of amides is 2. The Bertz CT molecular complexity index is 727. The van der Waals surface area contributed by atoms with Crippen molar-refractivity contribution in [2.24, 2.45) is 0 Å². The molecule has 0 aliphatic heterocycles. The summed E-state index contributed by atoms with van der Waals surface area (Å²) in [5.74, 6) is 0.971. The average Bonchev–Trinajstić information content (AvgIpc) is 2.70. The summed E-state index contributed by atoms with van der Waals surface area (Å²) in [4.78, 5) is 24.0. The monoisotopic (exact) mass is 370 g/mol. The third-order valence-electron chi connectivity index (χ3n) is 3.72. The van der Waals surface area contributed by atoms with Gasteiger partial charge in [-0.1, -0.05) is 19.1 Å². The van der Waals surface area contributed by atoms with Gasteiger partial charge in [-0.25, -0.2) is 0 Å². The van der Waals surface area contributed by atoms with Gasteiger partial charge in [0.2, 0.25) is 5.91 Å². The maximum Gasteiger partial charge on any atom is 0.251 e. The van der Waals surface area contributed by atoms with E-state index in [-0.39, 0.29) is 18.4 Å². The van der Waals surface area contributed by atoms with E-state index in [1.807, 2.05) is 31.2 Å². The third kappa shape index (κ3) is 7.01. The van der Waals surface area contributed by atoms with Crippen LogP contribution < -0.4 is 20.1 Å². The number of nitrogens with one attached hydrogen (secondary N) is 2. The highest BCUT2D eigenvalue weighted by molar-refractivity contribution is 5.96. The lowest BCUT2D eigenvalue weighted by Crippen LogP contribution is -2.36. The molecule has 2 N–H and O–H groups in total. The second kappa shape index (κ2) is 10.9. The maximum atomic E-state index is 12.1. The van der Waals surface area contributed by atoms with Crippen molar-refractivity contribution in [1.82, 2.24) is 10.6 Å². The molecule has 6 heteroatoms. The number of benzene rings is 2. The molecule has 2 aromatic carbocycles. The predicted octanol–water partition coefficient (Wildman–Crippen LogP) is 2.92. The molecule has 0 bridgehead atoms. The Balaban J connectivity index is 1.73. The Morgan fingerprint density at radius 2 is 1.48 bits per heavy atom. The number of ether oxygens (including phenoxy) is 2. The lowest BCUT2D eigenvalue weighted by atomic mass is 10.2. The van der Waals surface area contributed by atoms with Gasteiger partial charge >= 0.3 is 0 Å². The maximum absolute atomic E-state index is 12.1. The van der Waals surface area contributed by atoms with Crippen molar-refractivity contribution in [2.75, 3.05) is 19.8 Å². The smallest absolute Gasteiger partial charge is 0.251 e. The van der Waals surface area contributed by atoms with Crippen molar-refractivity contribution < 1.29 is 19.1 Å². The Labute approximate surface area is 159 Å². The van der Waals surface area contributed by atoms with E-state index in [0.29, 0.717) is 31.1 Å². The molecule has 2 aromatic rings. The van der Waals surface area contributed by atoms with E-state index in [4.69, 9.17) is 9.47 Å². The van der Waals surface area contributed by atoms with Gasteiger partial charge in [0.1, 0.15) is 11.5 Å². The first kappa shape index (κ1) is 20.3. The minimum absolute atomic E-state index is 0.0796. The summed E-state index contributed by atoms with van der Waals surface area (Å²) in [6, 6.07) is 14.4. The van der Waals surface area contributed by atoms with Gasteiger partial charge in [0.15, 0.2) is 0 Å². The van der Waals surface area contributed by atoms with Gasteiger partial charge in [-0.05, 0) is 55.3 Å². The van der Waals surface area contributed by atoms with E-state index in [0.717, 1.165) is 17.7 Å². The van der Waals surface area contributed by atoms with Crippen LogP contribution in [0.5, 0.6) is 11.5 Å². The van der Waals surface area contributed by atoms with Gasteiger partial charge in [0.25, 0.3) is 5.91 Å². The molecule has 0 heterocycles. The molecule has 0 saturated heterocycles. The quantitative estimate of drug-likeness (QED) is 0.674. The second-order valence-corrected chi connectivity index (χ2v) is 5.91. The van der Waals surface area contributed by atoms with Crippen molar-refractivity contribution in [3.8, 4) is 11.5 Å². The van der Waals surface area contributed by atoms with E-state index in [1.165, 1.54) is 0 Å². The summed E-state index contributed by atoms with van der Waals surface area (Å²) in [6.07, 6.45) is 0.959. The summed E-state index contributed by atoms with van der Waals surface area (Å²) in [7, 11) is 0. The number of hydrogen-bond donors (Lipinski definition) is 2. The van der Waals surface area contributed by atoms with E-state index in [9.17, 15) is 9.59 Å². The predicted molar refractivity (Wildman–Crippen MR) is 104 cm³/mol. The topological polar surface area (TPSA) is 76.7 Å². The average molecular weight is 370 g/mol. The van der Waals surface area contributed by atoms with Gasteiger partial charge in [-0.3, -0.25) is 9.59 Å². The van der Waals surface area contributed by atoms with E-state index >= 15 is 0 Å². The zero-order valence-corrected chi connectivity index (χ0v) is 15.8. The minimum Gasteiger partial charge on any atom is -0.494 e. The Morgan fingerprint density at radius 3 is 2.11 bits per heavy atom.